The molecule has 0 saturated heterocycles. The standard InChI is InChI=1S/C8H12N2O2/c1-8(11,5-12-2)7-3-4-9-6-10-7/h3-4,6,11H,5H2,1-2H3. The Morgan fingerprint density at radius 3 is 2.92 bits per heavy atom. The van der Waals surface area contributed by atoms with Crippen LogP contribution in [-0.4, -0.2) is 28.8 Å². The van der Waals surface area contributed by atoms with Crippen LogP contribution in [0.2, 0.25) is 0 Å². The largest absolute Gasteiger partial charge is 0.381 e. The highest BCUT2D eigenvalue weighted by Crippen LogP contribution is 2.16. The molecule has 0 aliphatic heterocycles. The lowest BCUT2D eigenvalue weighted by Crippen LogP contribution is -2.28. The highest BCUT2D eigenvalue weighted by molar-refractivity contribution is 5.08. The topological polar surface area (TPSA) is 55.2 Å². The number of nitrogens with zero attached hydrogens (tertiary/aromatic N) is 2. The van der Waals surface area contributed by atoms with Crippen LogP contribution in [0.3, 0.4) is 0 Å². The molecule has 0 bridgehead atoms. The summed E-state index contributed by atoms with van der Waals surface area (Å²) in [4.78, 5) is 7.68. The molecule has 1 aromatic rings. The van der Waals surface area contributed by atoms with Crippen LogP contribution in [0.4, 0.5) is 0 Å². The van der Waals surface area contributed by atoms with E-state index >= 15 is 0 Å². The lowest BCUT2D eigenvalue weighted by atomic mass is 10.0. The molecule has 0 aliphatic rings. The quantitative estimate of drug-likeness (QED) is 0.706. The third-order valence-corrected chi connectivity index (χ3v) is 1.56. The number of rotatable bonds is 3. The van der Waals surface area contributed by atoms with Crippen molar-refractivity contribution in [1.82, 2.24) is 9.97 Å². The van der Waals surface area contributed by atoms with Gasteiger partial charge in [0.2, 0.25) is 0 Å². The Balaban J connectivity index is 2.82. The lowest BCUT2D eigenvalue weighted by Gasteiger charge is -2.20. The van der Waals surface area contributed by atoms with E-state index in [2.05, 4.69) is 9.97 Å². The summed E-state index contributed by atoms with van der Waals surface area (Å²) in [6.07, 6.45) is 2.99. The normalized spacial score (nSPS) is 15.6. The van der Waals surface area contributed by atoms with E-state index < -0.39 is 5.60 Å². The molecule has 0 aromatic carbocycles. The molecule has 0 spiro atoms. The summed E-state index contributed by atoms with van der Waals surface area (Å²) < 4.78 is 4.85. The van der Waals surface area contributed by atoms with E-state index in [4.69, 9.17) is 4.74 Å². The molecule has 1 rings (SSSR count). The van der Waals surface area contributed by atoms with Gasteiger partial charge in [0.05, 0.1) is 12.3 Å². The lowest BCUT2D eigenvalue weighted by molar-refractivity contribution is -0.0240. The second-order valence-corrected chi connectivity index (χ2v) is 2.80. The van der Waals surface area contributed by atoms with Crippen LogP contribution in [-0.2, 0) is 10.3 Å². The Labute approximate surface area is 71.2 Å². The fraction of sp³-hybridized carbons (Fsp3) is 0.500. The van der Waals surface area contributed by atoms with E-state index in [-0.39, 0.29) is 6.61 Å². The Hall–Kier alpha value is -1.00. The second kappa shape index (κ2) is 3.60. The van der Waals surface area contributed by atoms with Crippen LogP contribution in [0.25, 0.3) is 0 Å². The van der Waals surface area contributed by atoms with Gasteiger partial charge in [-0.25, -0.2) is 9.97 Å². The zero-order chi connectivity index (χ0) is 9.03. The minimum Gasteiger partial charge on any atom is -0.381 e. The number of ether oxygens (including phenoxy) is 1. The third kappa shape index (κ3) is 1.99. The maximum Gasteiger partial charge on any atom is 0.127 e. The van der Waals surface area contributed by atoms with Gasteiger partial charge in [0.25, 0.3) is 0 Å². The summed E-state index contributed by atoms with van der Waals surface area (Å²) in [5, 5.41) is 9.77. The zero-order valence-electron chi connectivity index (χ0n) is 7.19. The summed E-state index contributed by atoms with van der Waals surface area (Å²) in [5.41, 5.74) is -0.461. The SMILES string of the molecule is COCC(C)(O)c1ccncn1. The van der Waals surface area contributed by atoms with Crippen LogP contribution < -0.4 is 0 Å². The Morgan fingerprint density at radius 1 is 1.67 bits per heavy atom. The van der Waals surface area contributed by atoms with Crippen molar-refractivity contribution in [3.05, 3.63) is 24.3 Å². The monoisotopic (exact) mass is 168 g/mol. The molecule has 0 fully saturated rings. The summed E-state index contributed by atoms with van der Waals surface area (Å²) in [7, 11) is 1.54. The number of aliphatic hydroxyl groups is 1. The molecule has 66 valence electrons. The van der Waals surface area contributed by atoms with Crippen LogP contribution in [0.5, 0.6) is 0 Å². The molecular formula is C8H12N2O2. The molecule has 4 nitrogen and oxygen atoms in total. The van der Waals surface area contributed by atoms with E-state index in [9.17, 15) is 5.11 Å². The van der Waals surface area contributed by atoms with Crippen molar-refractivity contribution in [3.63, 3.8) is 0 Å². The van der Waals surface area contributed by atoms with Crippen LogP contribution in [0, 0.1) is 0 Å². The number of aromatic nitrogens is 2. The van der Waals surface area contributed by atoms with Crippen molar-refractivity contribution >= 4 is 0 Å². The summed E-state index contributed by atoms with van der Waals surface area (Å²) >= 11 is 0. The van der Waals surface area contributed by atoms with Crippen molar-refractivity contribution < 1.29 is 9.84 Å². The van der Waals surface area contributed by atoms with Gasteiger partial charge in [0, 0.05) is 13.3 Å². The zero-order valence-corrected chi connectivity index (χ0v) is 7.19. The second-order valence-electron chi connectivity index (χ2n) is 2.80. The van der Waals surface area contributed by atoms with Crippen molar-refractivity contribution in [3.8, 4) is 0 Å². The first kappa shape index (κ1) is 9.09. The molecule has 12 heavy (non-hydrogen) atoms. The number of hydrogen-bond donors (Lipinski definition) is 1. The summed E-state index contributed by atoms with van der Waals surface area (Å²) in [6, 6.07) is 1.67. The highest BCUT2D eigenvalue weighted by Gasteiger charge is 2.23. The molecule has 1 N–H and O–H groups in total. The van der Waals surface area contributed by atoms with Crippen LogP contribution in [0.1, 0.15) is 12.6 Å². The predicted molar refractivity (Wildman–Crippen MR) is 43.5 cm³/mol. The minimum atomic E-state index is -1.03. The van der Waals surface area contributed by atoms with Gasteiger partial charge in [-0.1, -0.05) is 0 Å². The maximum atomic E-state index is 9.77. The minimum absolute atomic E-state index is 0.226. The number of hydrogen-bond acceptors (Lipinski definition) is 4. The molecule has 0 saturated carbocycles. The first-order valence-corrected chi connectivity index (χ1v) is 3.64. The molecule has 1 aromatic heterocycles. The van der Waals surface area contributed by atoms with Gasteiger partial charge in [0.15, 0.2) is 0 Å². The van der Waals surface area contributed by atoms with Gasteiger partial charge in [-0.15, -0.1) is 0 Å². The van der Waals surface area contributed by atoms with Crippen LogP contribution in [0.15, 0.2) is 18.6 Å². The number of methoxy groups -OCH3 is 1. The summed E-state index contributed by atoms with van der Waals surface area (Å²) in [6.45, 7) is 1.88. The van der Waals surface area contributed by atoms with Crippen molar-refractivity contribution in [2.75, 3.05) is 13.7 Å². The van der Waals surface area contributed by atoms with Gasteiger partial charge in [-0.2, -0.15) is 0 Å². The Bertz CT molecular complexity index is 236. The fourth-order valence-electron chi connectivity index (χ4n) is 0.964. The molecule has 4 heteroatoms. The van der Waals surface area contributed by atoms with Crippen molar-refractivity contribution in [1.29, 1.82) is 0 Å². The molecular weight excluding hydrogens is 156 g/mol. The summed E-state index contributed by atoms with van der Waals surface area (Å²) in [5.74, 6) is 0. The molecule has 1 atom stereocenters. The van der Waals surface area contributed by atoms with E-state index in [1.54, 1.807) is 19.2 Å². The Kier molecular flexibility index (Phi) is 2.73. The van der Waals surface area contributed by atoms with Gasteiger partial charge >= 0.3 is 0 Å². The van der Waals surface area contributed by atoms with Gasteiger partial charge < -0.3 is 9.84 Å². The van der Waals surface area contributed by atoms with Gasteiger partial charge in [-0.3, -0.25) is 0 Å². The maximum absolute atomic E-state index is 9.77. The van der Waals surface area contributed by atoms with E-state index in [1.165, 1.54) is 13.4 Å². The third-order valence-electron chi connectivity index (χ3n) is 1.56. The van der Waals surface area contributed by atoms with Gasteiger partial charge in [-0.05, 0) is 13.0 Å². The van der Waals surface area contributed by atoms with E-state index in [0.717, 1.165) is 0 Å². The predicted octanol–water partition coefficient (Wildman–Crippen LogP) is 0.331. The van der Waals surface area contributed by atoms with Crippen molar-refractivity contribution in [2.45, 2.75) is 12.5 Å². The van der Waals surface area contributed by atoms with E-state index in [0.29, 0.717) is 5.69 Å². The first-order valence-electron chi connectivity index (χ1n) is 3.64. The van der Waals surface area contributed by atoms with Crippen LogP contribution >= 0.6 is 0 Å². The highest BCUT2D eigenvalue weighted by atomic mass is 16.5. The van der Waals surface area contributed by atoms with Crippen molar-refractivity contribution in [2.24, 2.45) is 0 Å². The molecule has 0 amide bonds. The van der Waals surface area contributed by atoms with Gasteiger partial charge in [0.1, 0.15) is 11.9 Å². The average molecular weight is 168 g/mol. The first-order chi connectivity index (χ1) is 5.67. The fourth-order valence-corrected chi connectivity index (χ4v) is 0.964. The molecule has 0 radical (unpaired) electrons. The van der Waals surface area contributed by atoms with E-state index in [1.807, 2.05) is 0 Å². The molecule has 1 heterocycles. The molecule has 0 aliphatic carbocycles. The smallest absolute Gasteiger partial charge is 0.127 e. The average Bonchev–Trinajstić information content (AvgIpc) is 2.06. The Morgan fingerprint density at radius 2 is 2.42 bits per heavy atom. The molecule has 1 unspecified atom stereocenters.